The molecule has 0 aliphatic rings. The van der Waals surface area contributed by atoms with Crippen molar-refractivity contribution in [3.05, 3.63) is 59.5 Å². The lowest BCUT2D eigenvalue weighted by Crippen LogP contribution is -1.85. The molecule has 0 aliphatic carbocycles. The maximum absolute atomic E-state index is 10.7. The lowest BCUT2D eigenvalue weighted by Gasteiger charge is -2.05. The SMILES string of the molecule is CCc1c(-c2ccc(OC)cc2)sc2cc(-c3cccs3)cc(O)c12. The second-order valence-corrected chi connectivity index (χ2v) is 7.84. The molecule has 2 nitrogen and oxygen atoms in total. The third kappa shape index (κ3) is 2.81. The Kier molecular flexibility index (Phi) is 4.24. The first-order valence-corrected chi connectivity index (χ1v) is 9.87. The molecule has 0 unspecified atom stereocenters. The molecule has 0 spiro atoms. The topological polar surface area (TPSA) is 29.5 Å². The number of phenolic OH excluding ortho intramolecular Hbond substituents is 1. The third-order valence-electron chi connectivity index (χ3n) is 4.38. The van der Waals surface area contributed by atoms with Gasteiger partial charge in [0.05, 0.1) is 7.11 Å². The van der Waals surface area contributed by atoms with E-state index >= 15 is 0 Å². The van der Waals surface area contributed by atoms with Crippen LogP contribution in [0.5, 0.6) is 11.5 Å². The standard InChI is InChI=1S/C21H18O2S2/c1-3-16-20-17(22)11-14(18-5-4-10-24-18)12-19(20)25-21(16)13-6-8-15(23-2)9-7-13/h4-12,22H,3H2,1-2H3. The molecule has 0 fully saturated rings. The minimum absolute atomic E-state index is 0.369. The summed E-state index contributed by atoms with van der Waals surface area (Å²) in [4.78, 5) is 2.40. The fourth-order valence-corrected chi connectivity index (χ4v) is 5.24. The quantitative estimate of drug-likeness (QED) is 0.442. The van der Waals surface area contributed by atoms with Gasteiger partial charge in [0, 0.05) is 19.8 Å². The van der Waals surface area contributed by atoms with Gasteiger partial charge in [0.15, 0.2) is 0 Å². The van der Waals surface area contributed by atoms with Crippen LogP contribution in [0, 0.1) is 0 Å². The summed E-state index contributed by atoms with van der Waals surface area (Å²) < 4.78 is 6.39. The number of rotatable bonds is 4. The molecule has 0 bridgehead atoms. The molecule has 4 rings (SSSR count). The zero-order valence-electron chi connectivity index (χ0n) is 14.1. The molecule has 0 atom stereocenters. The number of aromatic hydroxyl groups is 1. The number of aryl methyl sites for hydroxylation is 1. The molecule has 2 aromatic carbocycles. The van der Waals surface area contributed by atoms with Crippen LogP contribution >= 0.6 is 22.7 Å². The second kappa shape index (κ2) is 6.54. The van der Waals surface area contributed by atoms with E-state index in [-0.39, 0.29) is 0 Å². The molecule has 1 N–H and O–H groups in total. The molecule has 126 valence electrons. The predicted octanol–water partition coefficient (Wildman–Crippen LogP) is 6.57. The Balaban J connectivity index is 1.91. The number of ether oxygens (including phenoxy) is 1. The highest BCUT2D eigenvalue weighted by atomic mass is 32.1. The second-order valence-electron chi connectivity index (χ2n) is 5.84. The van der Waals surface area contributed by atoms with Crippen molar-refractivity contribution in [1.82, 2.24) is 0 Å². The van der Waals surface area contributed by atoms with Gasteiger partial charge in [0.25, 0.3) is 0 Å². The van der Waals surface area contributed by atoms with E-state index in [9.17, 15) is 5.11 Å². The number of phenols is 1. The molecule has 0 amide bonds. The summed E-state index contributed by atoms with van der Waals surface area (Å²) in [5, 5.41) is 13.7. The van der Waals surface area contributed by atoms with Gasteiger partial charge >= 0.3 is 0 Å². The molecular formula is C21H18O2S2. The first-order valence-electron chi connectivity index (χ1n) is 8.18. The van der Waals surface area contributed by atoms with Crippen LogP contribution in [-0.4, -0.2) is 12.2 Å². The molecular weight excluding hydrogens is 348 g/mol. The summed E-state index contributed by atoms with van der Waals surface area (Å²) in [7, 11) is 1.68. The van der Waals surface area contributed by atoms with Crippen LogP contribution in [0.25, 0.3) is 31.0 Å². The van der Waals surface area contributed by atoms with E-state index in [1.54, 1.807) is 29.8 Å². The molecule has 25 heavy (non-hydrogen) atoms. The molecule has 0 aliphatic heterocycles. The van der Waals surface area contributed by atoms with Crippen LogP contribution in [0.1, 0.15) is 12.5 Å². The number of hydrogen-bond acceptors (Lipinski definition) is 4. The minimum Gasteiger partial charge on any atom is -0.507 e. The van der Waals surface area contributed by atoms with E-state index in [2.05, 4.69) is 36.6 Å². The number of fused-ring (bicyclic) bond motifs is 1. The minimum atomic E-state index is 0.369. The maximum Gasteiger partial charge on any atom is 0.125 e. The molecule has 0 saturated carbocycles. The van der Waals surface area contributed by atoms with Crippen molar-refractivity contribution in [3.63, 3.8) is 0 Å². The van der Waals surface area contributed by atoms with Crippen molar-refractivity contribution in [1.29, 1.82) is 0 Å². The smallest absolute Gasteiger partial charge is 0.125 e. The largest absolute Gasteiger partial charge is 0.507 e. The Hall–Kier alpha value is -2.30. The Morgan fingerprint density at radius 2 is 1.84 bits per heavy atom. The lowest BCUT2D eigenvalue weighted by atomic mass is 10.0. The summed E-state index contributed by atoms with van der Waals surface area (Å²) >= 11 is 3.43. The van der Waals surface area contributed by atoms with Crippen molar-refractivity contribution >= 4 is 32.8 Å². The summed E-state index contributed by atoms with van der Waals surface area (Å²) in [5.41, 5.74) is 3.45. The van der Waals surface area contributed by atoms with Crippen molar-refractivity contribution < 1.29 is 9.84 Å². The van der Waals surface area contributed by atoms with Gasteiger partial charge in [-0.3, -0.25) is 0 Å². The van der Waals surface area contributed by atoms with Gasteiger partial charge in [-0.05, 0) is 71.0 Å². The fraction of sp³-hybridized carbons (Fsp3) is 0.143. The van der Waals surface area contributed by atoms with E-state index in [0.29, 0.717) is 5.75 Å². The average molecular weight is 367 g/mol. The van der Waals surface area contributed by atoms with Gasteiger partial charge < -0.3 is 9.84 Å². The fourth-order valence-electron chi connectivity index (χ4n) is 3.17. The molecule has 4 aromatic rings. The Morgan fingerprint density at radius 1 is 1.04 bits per heavy atom. The van der Waals surface area contributed by atoms with Crippen molar-refractivity contribution in [2.75, 3.05) is 7.11 Å². The van der Waals surface area contributed by atoms with E-state index < -0.39 is 0 Å². The van der Waals surface area contributed by atoms with Crippen LogP contribution in [0.4, 0.5) is 0 Å². The van der Waals surface area contributed by atoms with E-state index in [0.717, 1.165) is 33.4 Å². The molecule has 2 heterocycles. The summed E-state index contributed by atoms with van der Waals surface area (Å²) in [6, 6.07) is 16.3. The number of benzene rings is 2. The molecule has 0 radical (unpaired) electrons. The van der Waals surface area contributed by atoms with Crippen LogP contribution in [0.3, 0.4) is 0 Å². The number of hydrogen-bond donors (Lipinski definition) is 1. The maximum atomic E-state index is 10.7. The van der Waals surface area contributed by atoms with Gasteiger partial charge in [-0.2, -0.15) is 0 Å². The highest BCUT2D eigenvalue weighted by Crippen LogP contribution is 2.45. The summed E-state index contributed by atoms with van der Waals surface area (Å²) in [6.07, 6.45) is 0.882. The average Bonchev–Trinajstić information content (AvgIpc) is 3.29. The third-order valence-corrected chi connectivity index (χ3v) is 6.53. The number of thiophene rings is 2. The predicted molar refractivity (Wildman–Crippen MR) is 108 cm³/mol. The summed E-state index contributed by atoms with van der Waals surface area (Å²) in [5.74, 6) is 1.22. The first kappa shape index (κ1) is 16.2. The summed E-state index contributed by atoms with van der Waals surface area (Å²) in [6.45, 7) is 2.14. The van der Waals surface area contributed by atoms with Crippen LogP contribution in [0.2, 0.25) is 0 Å². The van der Waals surface area contributed by atoms with Gasteiger partial charge in [-0.1, -0.05) is 13.0 Å². The molecule has 2 aromatic heterocycles. The molecule has 4 heteroatoms. The highest BCUT2D eigenvalue weighted by molar-refractivity contribution is 7.22. The Morgan fingerprint density at radius 3 is 2.48 bits per heavy atom. The highest BCUT2D eigenvalue weighted by Gasteiger charge is 2.17. The zero-order valence-corrected chi connectivity index (χ0v) is 15.7. The van der Waals surface area contributed by atoms with Crippen molar-refractivity contribution in [2.45, 2.75) is 13.3 Å². The monoisotopic (exact) mass is 366 g/mol. The Bertz CT molecular complexity index is 1010. The van der Waals surface area contributed by atoms with E-state index in [1.807, 2.05) is 24.3 Å². The van der Waals surface area contributed by atoms with E-state index in [1.165, 1.54) is 15.3 Å². The zero-order chi connectivity index (χ0) is 17.4. The normalized spacial score (nSPS) is 11.1. The van der Waals surface area contributed by atoms with Gasteiger partial charge in [0.1, 0.15) is 11.5 Å². The van der Waals surface area contributed by atoms with Crippen LogP contribution in [-0.2, 0) is 6.42 Å². The van der Waals surface area contributed by atoms with Crippen molar-refractivity contribution in [3.8, 4) is 32.4 Å². The number of methoxy groups -OCH3 is 1. The lowest BCUT2D eigenvalue weighted by molar-refractivity contribution is 0.415. The van der Waals surface area contributed by atoms with E-state index in [4.69, 9.17) is 4.74 Å². The van der Waals surface area contributed by atoms with Gasteiger partial charge in [0.2, 0.25) is 0 Å². The van der Waals surface area contributed by atoms with Gasteiger partial charge in [-0.15, -0.1) is 22.7 Å². The van der Waals surface area contributed by atoms with Gasteiger partial charge in [-0.25, -0.2) is 0 Å². The Labute approximate surface area is 155 Å². The van der Waals surface area contributed by atoms with Crippen LogP contribution in [0.15, 0.2) is 53.9 Å². The van der Waals surface area contributed by atoms with Crippen LogP contribution < -0.4 is 4.74 Å². The molecule has 0 saturated heterocycles. The van der Waals surface area contributed by atoms with Crippen molar-refractivity contribution in [2.24, 2.45) is 0 Å². The first-order chi connectivity index (χ1) is 12.2.